The second-order valence-corrected chi connectivity index (χ2v) is 5.77. The van der Waals surface area contributed by atoms with Crippen LogP contribution in [0.1, 0.15) is 39.2 Å². The van der Waals surface area contributed by atoms with E-state index in [2.05, 4.69) is 4.98 Å². The fourth-order valence-electron chi connectivity index (χ4n) is 2.78. The maximum Gasteiger partial charge on any atom is 0.303 e. The Kier molecular flexibility index (Phi) is 6.13. The summed E-state index contributed by atoms with van der Waals surface area (Å²) in [6.07, 6.45) is 0.740. The van der Waals surface area contributed by atoms with Crippen LogP contribution in [0.15, 0.2) is 12.4 Å². The molecule has 138 valence electrons. The summed E-state index contributed by atoms with van der Waals surface area (Å²) in [6.45, 7) is 5.47. The number of imidazole rings is 1. The molecule has 1 aromatic rings. The first-order valence-electron chi connectivity index (χ1n) is 7.90. The molecule has 1 fully saturated rings. The van der Waals surface area contributed by atoms with E-state index >= 15 is 0 Å². The van der Waals surface area contributed by atoms with Gasteiger partial charge in [-0.05, 0) is 6.92 Å². The van der Waals surface area contributed by atoms with Crippen LogP contribution in [0.4, 0.5) is 0 Å². The molecular weight excluding hydrogens is 332 g/mol. The van der Waals surface area contributed by atoms with Crippen LogP contribution in [-0.2, 0) is 33.3 Å². The lowest BCUT2D eigenvalue weighted by atomic mass is 10.00. The number of ether oxygens (including phenoxy) is 4. The van der Waals surface area contributed by atoms with Gasteiger partial charge in [-0.1, -0.05) is 0 Å². The molecule has 1 aliphatic heterocycles. The van der Waals surface area contributed by atoms with Crippen molar-refractivity contribution in [1.82, 2.24) is 9.55 Å². The molecule has 0 saturated carbocycles. The summed E-state index contributed by atoms with van der Waals surface area (Å²) in [7, 11) is 0. The van der Waals surface area contributed by atoms with Crippen molar-refractivity contribution in [3.63, 3.8) is 0 Å². The van der Waals surface area contributed by atoms with E-state index in [1.165, 1.54) is 20.8 Å². The summed E-state index contributed by atoms with van der Waals surface area (Å²) in [4.78, 5) is 38.2. The van der Waals surface area contributed by atoms with Crippen molar-refractivity contribution in [3.8, 4) is 0 Å². The second-order valence-electron chi connectivity index (χ2n) is 5.77. The Morgan fingerprint density at radius 3 is 2.40 bits per heavy atom. The van der Waals surface area contributed by atoms with Gasteiger partial charge in [0.15, 0.2) is 6.10 Å². The molecule has 1 unspecified atom stereocenters. The number of esters is 3. The van der Waals surface area contributed by atoms with Crippen LogP contribution in [0.2, 0.25) is 0 Å². The Morgan fingerprint density at radius 1 is 1.20 bits per heavy atom. The van der Waals surface area contributed by atoms with E-state index in [0.29, 0.717) is 5.82 Å². The third kappa shape index (κ3) is 5.02. The molecule has 9 nitrogen and oxygen atoms in total. The third-order valence-electron chi connectivity index (χ3n) is 3.74. The van der Waals surface area contributed by atoms with Gasteiger partial charge in [0.2, 0.25) is 0 Å². The van der Waals surface area contributed by atoms with Crippen LogP contribution in [0.25, 0.3) is 0 Å². The van der Waals surface area contributed by atoms with E-state index in [9.17, 15) is 14.4 Å². The molecule has 4 atom stereocenters. The van der Waals surface area contributed by atoms with Crippen molar-refractivity contribution in [3.05, 3.63) is 18.2 Å². The van der Waals surface area contributed by atoms with E-state index < -0.39 is 42.4 Å². The number of nitrogens with zero attached hydrogens (tertiary/aromatic N) is 2. The largest absolute Gasteiger partial charge is 0.463 e. The van der Waals surface area contributed by atoms with Gasteiger partial charge in [0.1, 0.15) is 30.9 Å². The molecule has 9 heteroatoms. The van der Waals surface area contributed by atoms with Crippen molar-refractivity contribution in [1.29, 1.82) is 0 Å². The molecule has 1 aromatic heterocycles. The SMILES string of the molecule is CC(=O)OC[C@H]1OC(n2ccnc2C)C[C@@H](OC(C)=O)[C@@H]1OC(C)=O. The summed E-state index contributed by atoms with van der Waals surface area (Å²) < 4.78 is 23.4. The van der Waals surface area contributed by atoms with Gasteiger partial charge in [0.25, 0.3) is 0 Å². The minimum Gasteiger partial charge on any atom is -0.463 e. The lowest BCUT2D eigenvalue weighted by Crippen LogP contribution is -2.52. The second kappa shape index (κ2) is 8.11. The lowest BCUT2D eigenvalue weighted by Gasteiger charge is -2.40. The van der Waals surface area contributed by atoms with Crippen LogP contribution in [0.5, 0.6) is 0 Å². The Morgan fingerprint density at radius 2 is 1.88 bits per heavy atom. The van der Waals surface area contributed by atoms with Crippen LogP contribution in [0.3, 0.4) is 0 Å². The highest BCUT2D eigenvalue weighted by Gasteiger charge is 2.44. The normalized spacial score (nSPS) is 25.9. The van der Waals surface area contributed by atoms with E-state index in [0.717, 1.165) is 0 Å². The summed E-state index contributed by atoms with van der Waals surface area (Å²) in [5.74, 6) is -0.828. The molecule has 0 spiro atoms. The molecule has 0 bridgehead atoms. The Balaban J connectivity index is 2.28. The Bertz CT molecular complexity index is 642. The zero-order valence-electron chi connectivity index (χ0n) is 14.6. The van der Waals surface area contributed by atoms with Gasteiger partial charge in [-0.3, -0.25) is 14.4 Å². The van der Waals surface area contributed by atoms with Gasteiger partial charge in [-0.2, -0.15) is 0 Å². The Labute approximate surface area is 145 Å². The smallest absolute Gasteiger partial charge is 0.303 e. The van der Waals surface area contributed by atoms with Crippen molar-refractivity contribution in [2.45, 2.75) is 58.7 Å². The number of carbonyl (C=O) groups excluding carboxylic acids is 3. The van der Waals surface area contributed by atoms with E-state index in [1.807, 2.05) is 6.92 Å². The number of aromatic nitrogens is 2. The van der Waals surface area contributed by atoms with E-state index in [-0.39, 0.29) is 13.0 Å². The third-order valence-corrected chi connectivity index (χ3v) is 3.74. The minimum atomic E-state index is -0.874. The lowest BCUT2D eigenvalue weighted by molar-refractivity contribution is -0.227. The van der Waals surface area contributed by atoms with Gasteiger partial charge in [0.05, 0.1) is 0 Å². The fraction of sp³-hybridized carbons (Fsp3) is 0.625. The average Bonchev–Trinajstić information content (AvgIpc) is 2.92. The highest BCUT2D eigenvalue weighted by atomic mass is 16.6. The van der Waals surface area contributed by atoms with Crippen LogP contribution in [-0.4, -0.2) is 52.4 Å². The van der Waals surface area contributed by atoms with E-state index in [1.54, 1.807) is 17.0 Å². The zero-order valence-corrected chi connectivity index (χ0v) is 14.6. The van der Waals surface area contributed by atoms with E-state index in [4.69, 9.17) is 18.9 Å². The molecule has 0 aromatic carbocycles. The highest BCUT2D eigenvalue weighted by molar-refractivity contribution is 5.67. The predicted molar refractivity (Wildman–Crippen MR) is 83.2 cm³/mol. The maximum atomic E-state index is 11.5. The van der Waals surface area contributed by atoms with Crippen molar-refractivity contribution in [2.75, 3.05) is 6.61 Å². The molecule has 25 heavy (non-hydrogen) atoms. The minimum absolute atomic E-state index is 0.130. The summed E-state index contributed by atoms with van der Waals surface area (Å²) >= 11 is 0. The molecule has 0 radical (unpaired) electrons. The van der Waals surface area contributed by atoms with Crippen molar-refractivity contribution >= 4 is 17.9 Å². The van der Waals surface area contributed by atoms with Crippen molar-refractivity contribution < 1.29 is 33.3 Å². The molecule has 2 heterocycles. The predicted octanol–water partition coefficient (Wildman–Crippen LogP) is 0.906. The van der Waals surface area contributed by atoms with Gasteiger partial charge in [0, 0.05) is 39.6 Å². The molecule has 0 aliphatic carbocycles. The molecule has 0 amide bonds. The monoisotopic (exact) mass is 354 g/mol. The van der Waals surface area contributed by atoms with Crippen molar-refractivity contribution in [2.24, 2.45) is 0 Å². The number of hydrogen-bond donors (Lipinski definition) is 0. The number of rotatable bonds is 5. The number of carbonyl (C=O) groups is 3. The first kappa shape index (κ1) is 18.9. The molecule has 2 rings (SSSR count). The van der Waals surface area contributed by atoms with Crippen LogP contribution < -0.4 is 0 Å². The number of hydrogen-bond acceptors (Lipinski definition) is 8. The molecule has 0 N–H and O–H groups in total. The van der Waals surface area contributed by atoms with Gasteiger partial charge < -0.3 is 23.5 Å². The zero-order chi connectivity index (χ0) is 18.6. The van der Waals surface area contributed by atoms with Crippen LogP contribution in [0, 0.1) is 6.92 Å². The Hall–Kier alpha value is -2.42. The summed E-state index contributed by atoms with van der Waals surface area (Å²) in [5.41, 5.74) is 0. The van der Waals surface area contributed by atoms with Crippen LogP contribution >= 0.6 is 0 Å². The highest BCUT2D eigenvalue weighted by Crippen LogP contribution is 2.32. The maximum absolute atomic E-state index is 11.5. The summed E-state index contributed by atoms with van der Waals surface area (Å²) in [6, 6.07) is 0. The quantitative estimate of drug-likeness (QED) is 0.567. The average molecular weight is 354 g/mol. The molecule has 1 saturated heterocycles. The topological polar surface area (TPSA) is 106 Å². The fourth-order valence-corrected chi connectivity index (χ4v) is 2.78. The summed E-state index contributed by atoms with van der Waals surface area (Å²) in [5, 5.41) is 0. The van der Waals surface area contributed by atoms with Gasteiger partial charge in [-0.25, -0.2) is 4.98 Å². The first-order valence-corrected chi connectivity index (χ1v) is 7.90. The molecule has 1 aliphatic rings. The molecular formula is C16H22N2O7. The number of aryl methyl sites for hydroxylation is 1. The van der Waals surface area contributed by atoms with Gasteiger partial charge >= 0.3 is 17.9 Å². The van der Waals surface area contributed by atoms with Gasteiger partial charge in [-0.15, -0.1) is 0 Å². The standard InChI is InChI=1S/C16H22N2O7/c1-9-17-5-6-18(9)15-7-13(23-11(3)20)16(24-12(4)21)14(25-15)8-22-10(2)19/h5-6,13-16H,7-8H2,1-4H3/t13-,14-,15?,16+/m1/s1. The first-order chi connectivity index (χ1) is 11.8.